The third-order valence-electron chi connectivity index (χ3n) is 4.55. The molecule has 0 bridgehead atoms. The molecule has 2 N–H and O–H groups in total. The van der Waals surface area contributed by atoms with Gasteiger partial charge in [-0.2, -0.15) is 0 Å². The molecular weight excluding hydrogens is 212 g/mol. The van der Waals surface area contributed by atoms with Gasteiger partial charge >= 0.3 is 0 Å². The zero-order chi connectivity index (χ0) is 12.3. The molecule has 2 aliphatic rings. The average molecular weight is 240 g/mol. The largest absolute Gasteiger partial charge is 0.381 e. The molecule has 0 aromatic carbocycles. The number of rotatable bonds is 6. The summed E-state index contributed by atoms with van der Waals surface area (Å²) in [5.74, 6) is 1.51. The van der Waals surface area contributed by atoms with Crippen LogP contribution < -0.4 is 5.73 Å². The lowest BCUT2D eigenvalue weighted by Gasteiger charge is -2.41. The van der Waals surface area contributed by atoms with E-state index in [0.29, 0.717) is 18.0 Å². The molecule has 0 aromatic heterocycles. The Morgan fingerprint density at radius 1 is 1.24 bits per heavy atom. The molecule has 1 saturated heterocycles. The van der Waals surface area contributed by atoms with Crippen LogP contribution in [0.3, 0.4) is 0 Å². The predicted molar refractivity (Wildman–Crippen MR) is 71.0 cm³/mol. The Morgan fingerprint density at radius 2 is 2.00 bits per heavy atom. The molecule has 1 aliphatic heterocycles. The molecule has 1 saturated carbocycles. The summed E-state index contributed by atoms with van der Waals surface area (Å²) < 4.78 is 5.68. The number of piperidine rings is 1. The summed E-state index contributed by atoms with van der Waals surface area (Å²) in [6.45, 7) is 8.86. The van der Waals surface area contributed by atoms with E-state index in [1.807, 2.05) is 0 Å². The van der Waals surface area contributed by atoms with Gasteiger partial charge in [-0.1, -0.05) is 6.92 Å². The van der Waals surface area contributed by atoms with E-state index in [1.165, 1.54) is 25.8 Å². The first-order valence-corrected chi connectivity index (χ1v) is 7.26. The highest BCUT2D eigenvalue weighted by atomic mass is 16.5. The van der Waals surface area contributed by atoms with Gasteiger partial charge in [-0.05, 0) is 51.0 Å². The average Bonchev–Trinajstić information content (AvgIpc) is 3.12. The SMILES string of the molecule is CC1C(N)CCN(CCCOCC2CC2)C1C. The Kier molecular flexibility index (Phi) is 4.83. The molecule has 3 nitrogen and oxygen atoms in total. The summed E-state index contributed by atoms with van der Waals surface area (Å²) in [4.78, 5) is 2.58. The van der Waals surface area contributed by atoms with Crippen molar-refractivity contribution in [1.82, 2.24) is 4.90 Å². The second-order valence-electron chi connectivity index (χ2n) is 5.96. The molecule has 0 amide bonds. The van der Waals surface area contributed by atoms with Crippen molar-refractivity contribution in [3.8, 4) is 0 Å². The number of nitrogens with zero attached hydrogens (tertiary/aromatic N) is 1. The highest BCUT2D eigenvalue weighted by molar-refractivity contribution is 4.86. The van der Waals surface area contributed by atoms with E-state index in [-0.39, 0.29) is 0 Å². The zero-order valence-electron chi connectivity index (χ0n) is 11.4. The van der Waals surface area contributed by atoms with Crippen LogP contribution in [0.15, 0.2) is 0 Å². The minimum atomic E-state index is 0.396. The topological polar surface area (TPSA) is 38.5 Å². The zero-order valence-corrected chi connectivity index (χ0v) is 11.4. The van der Waals surface area contributed by atoms with E-state index in [9.17, 15) is 0 Å². The first-order chi connectivity index (χ1) is 8.18. The summed E-state index contributed by atoms with van der Waals surface area (Å²) in [6.07, 6.45) is 5.09. The third-order valence-corrected chi connectivity index (χ3v) is 4.55. The van der Waals surface area contributed by atoms with Gasteiger partial charge in [0.1, 0.15) is 0 Å². The van der Waals surface area contributed by atoms with E-state index >= 15 is 0 Å². The minimum Gasteiger partial charge on any atom is -0.381 e. The number of hydrogen-bond donors (Lipinski definition) is 1. The Balaban J connectivity index is 1.57. The molecular formula is C14H28N2O. The summed E-state index contributed by atoms with van der Waals surface area (Å²) >= 11 is 0. The molecule has 0 aromatic rings. The molecule has 1 heterocycles. The van der Waals surface area contributed by atoms with Crippen molar-refractivity contribution >= 4 is 0 Å². The summed E-state index contributed by atoms with van der Waals surface area (Å²) in [6, 6.07) is 1.02. The second-order valence-corrected chi connectivity index (χ2v) is 5.96. The molecule has 3 unspecified atom stereocenters. The highest BCUT2D eigenvalue weighted by Gasteiger charge is 2.29. The monoisotopic (exact) mass is 240 g/mol. The van der Waals surface area contributed by atoms with Crippen LogP contribution in [0.2, 0.25) is 0 Å². The van der Waals surface area contributed by atoms with Crippen LogP contribution in [0.25, 0.3) is 0 Å². The van der Waals surface area contributed by atoms with Gasteiger partial charge in [0.2, 0.25) is 0 Å². The standard InChI is InChI=1S/C14H28N2O/c1-11-12(2)16(8-6-14(11)15)7-3-9-17-10-13-4-5-13/h11-14H,3-10,15H2,1-2H3. The van der Waals surface area contributed by atoms with Gasteiger partial charge in [0, 0.05) is 31.8 Å². The smallest absolute Gasteiger partial charge is 0.0494 e. The molecule has 0 radical (unpaired) electrons. The first-order valence-electron chi connectivity index (χ1n) is 7.26. The van der Waals surface area contributed by atoms with Crippen LogP contribution in [0, 0.1) is 11.8 Å². The van der Waals surface area contributed by atoms with Crippen molar-refractivity contribution < 1.29 is 4.74 Å². The summed E-state index contributed by atoms with van der Waals surface area (Å²) in [5, 5.41) is 0. The maximum Gasteiger partial charge on any atom is 0.0494 e. The number of nitrogens with two attached hydrogens (primary N) is 1. The molecule has 3 heteroatoms. The molecule has 2 fully saturated rings. The lowest BCUT2D eigenvalue weighted by molar-refractivity contribution is 0.0728. The minimum absolute atomic E-state index is 0.396. The van der Waals surface area contributed by atoms with Crippen molar-refractivity contribution in [2.24, 2.45) is 17.6 Å². The molecule has 100 valence electrons. The number of likely N-dealkylation sites (tertiary alicyclic amines) is 1. The fraction of sp³-hybridized carbons (Fsp3) is 1.00. The van der Waals surface area contributed by atoms with E-state index in [0.717, 1.165) is 32.1 Å². The Morgan fingerprint density at radius 3 is 2.71 bits per heavy atom. The van der Waals surface area contributed by atoms with Crippen molar-refractivity contribution in [3.63, 3.8) is 0 Å². The van der Waals surface area contributed by atoms with Crippen LogP contribution in [0.1, 0.15) is 39.5 Å². The lowest BCUT2D eigenvalue weighted by Crippen LogP contribution is -2.51. The quantitative estimate of drug-likeness (QED) is 0.720. The maximum absolute atomic E-state index is 6.10. The van der Waals surface area contributed by atoms with Gasteiger partial charge < -0.3 is 15.4 Å². The fourth-order valence-electron chi connectivity index (χ4n) is 2.69. The maximum atomic E-state index is 6.10. The van der Waals surface area contributed by atoms with Gasteiger partial charge in [-0.25, -0.2) is 0 Å². The van der Waals surface area contributed by atoms with Gasteiger partial charge in [0.25, 0.3) is 0 Å². The van der Waals surface area contributed by atoms with Gasteiger partial charge in [-0.3, -0.25) is 0 Å². The molecule has 2 rings (SSSR count). The second kappa shape index (κ2) is 6.17. The summed E-state index contributed by atoms with van der Waals surface area (Å²) in [7, 11) is 0. The van der Waals surface area contributed by atoms with Crippen LogP contribution >= 0.6 is 0 Å². The Hall–Kier alpha value is -0.120. The lowest BCUT2D eigenvalue weighted by atomic mass is 9.87. The van der Waals surface area contributed by atoms with Crippen LogP contribution in [-0.2, 0) is 4.74 Å². The fourth-order valence-corrected chi connectivity index (χ4v) is 2.69. The number of ether oxygens (including phenoxy) is 1. The van der Waals surface area contributed by atoms with E-state index < -0.39 is 0 Å². The third kappa shape index (κ3) is 3.94. The van der Waals surface area contributed by atoms with Crippen LogP contribution in [0.4, 0.5) is 0 Å². The van der Waals surface area contributed by atoms with Crippen LogP contribution in [-0.4, -0.2) is 43.3 Å². The van der Waals surface area contributed by atoms with Crippen molar-refractivity contribution in [1.29, 1.82) is 0 Å². The Bertz CT molecular complexity index is 230. The van der Waals surface area contributed by atoms with Crippen LogP contribution in [0.5, 0.6) is 0 Å². The van der Waals surface area contributed by atoms with Gasteiger partial charge in [-0.15, -0.1) is 0 Å². The van der Waals surface area contributed by atoms with Gasteiger partial charge in [0.15, 0.2) is 0 Å². The van der Waals surface area contributed by atoms with E-state index in [2.05, 4.69) is 18.7 Å². The molecule has 3 atom stereocenters. The highest BCUT2D eigenvalue weighted by Crippen LogP contribution is 2.28. The molecule has 0 spiro atoms. The van der Waals surface area contributed by atoms with E-state index in [4.69, 9.17) is 10.5 Å². The molecule has 1 aliphatic carbocycles. The normalized spacial score (nSPS) is 35.1. The van der Waals surface area contributed by atoms with E-state index in [1.54, 1.807) is 0 Å². The predicted octanol–water partition coefficient (Wildman–Crippen LogP) is 1.86. The Labute approximate surface area is 106 Å². The molecule has 17 heavy (non-hydrogen) atoms. The van der Waals surface area contributed by atoms with Crippen molar-refractivity contribution in [3.05, 3.63) is 0 Å². The number of hydrogen-bond acceptors (Lipinski definition) is 3. The van der Waals surface area contributed by atoms with Crippen molar-refractivity contribution in [2.75, 3.05) is 26.3 Å². The van der Waals surface area contributed by atoms with Crippen molar-refractivity contribution in [2.45, 2.75) is 51.6 Å². The summed E-state index contributed by atoms with van der Waals surface area (Å²) in [5.41, 5.74) is 6.10. The first kappa shape index (κ1) is 13.3. The van der Waals surface area contributed by atoms with Gasteiger partial charge in [0.05, 0.1) is 0 Å².